The van der Waals surface area contributed by atoms with Crippen molar-refractivity contribution in [3.8, 4) is 0 Å². The van der Waals surface area contributed by atoms with Gasteiger partial charge in [-0.05, 0) is 44.1 Å². The largest absolute Gasteiger partial charge is 0.454 e. The summed E-state index contributed by atoms with van der Waals surface area (Å²) < 4.78 is 11.2. The molecular formula is C27H39NO7. The van der Waals surface area contributed by atoms with Crippen LogP contribution in [0.5, 0.6) is 0 Å². The number of amides is 2. The van der Waals surface area contributed by atoms with Gasteiger partial charge in [-0.15, -0.1) is 0 Å². The van der Waals surface area contributed by atoms with Crippen LogP contribution >= 0.6 is 0 Å². The summed E-state index contributed by atoms with van der Waals surface area (Å²) in [4.78, 5) is 48.2. The molecular weight excluding hydrogens is 450 g/mol. The van der Waals surface area contributed by atoms with E-state index < -0.39 is 36.1 Å². The molecule has 2 rings (SSSR count). The van der Waals surface area contributed by atoms with Crippen LogP contribution in [0.1, 0.15) is 65.7 Å². The Kier molecular flexibility index (Phi) is 11.5. The maximum absolute atomic E-state index is 12.8. The molecule has 0 saturated carbocycles. The van der Waals surface area contributed by atoms with Gasteiger partial charge in [-0.2, -0.15) is 0 Å². The summed E-state index contributed by atoms with van der Waals surface area (Å²) in [6, 6.07) is 0. The number of cyclic esters (lactones) is 1. The van der Waals surface area contributed by atoms with Crippen LogP contribution in [0.25, 0.3) is 0 Å². The fourth-order valence-corrected chi connectivity index (χ4v) is 4.62. The van der Waals surface area contributed by atoms with Crippen molar-refractivity contribution < 1.29 is 33.8 Å². The zero-order valence-electron chi connectivity index (χ0n) is 21.2. The number of allylic oxidation sites excluding steroid dienone is 3. The second-order valence-electron chi connectivity index (χ2n) is 9.62. The van der Waals surface area contributed by atoms with Crippen LogP contribution in [0, 0.1) is 17.8 Å². The number of methoxy groups -OCH3 is 1. The monoisotopic (exact) mass is 489 g/mol. The summed E-state index contributed by atoms with van der Waals surface area (Å²) in [5, 5.41) is 13.2. The minimum Gasteiger partial charge on any atom is -0.454 e. The first-order chi connectivity index (χ1) is 16.6. The van der Waals surface area contributed by atoms with Crippen molar-refractivity contribution >= 4 is 23.6 Å². The van der Waals surface area contributed by atoms with Gasteiger partial charge in [-0.25, -0.2) is 4.79 Å². The van der Waals surface area contributed by atoms with Gasteiger partial charge in [-0.3, -0.25) is 19.7 Å². The highest BCUT2D eigenvalue weighted by atomic mass is 16.5. The van der Waals surface area contributed by atoms with Crippen LogP contribution in [0.2, 0.25) is 0 Å². The second kappa shape index (κ2) is 14.1. The van der Waals surface area contributed by atoms with Crippen molar-refractivity contribution in [3.05, 3.63) is 36.0 Å². The van der Waals surface area contributed by atoms with Crippen LogP contribution < -0.4 is 5.32 Å². The lowest BCUT2D eigenvalue weighted by Crippen LogP contribution is -2.41. The molecule has 1 saturated heterocycles. The van der Waals surface area contributed by atoms with E-state index in [0.717, 1.165) is 6.42 Å². The average Bonchev–Trinajstić information content (AvgIpc) is 2.79. The smallest absolute Gasteiger partial charge is 0.331 e. The number of carbonyl (C=O) groups excluding carboxylic acids is 4. The summed E-state index contributed by atoms with van der Waals surface area (Å²) in [5.74, 6) is -1.89. The number of hydrogen-bond acceptors (Lipinski definition) is 7. The molecule has 8 nitrogen and oxygen atoms in total. The Hall–Kier alpha value is -2.58. The Morgan fingerprint density at radius 3 is 2.54 bits per heavy atom. The van der Waals surface area contributed by atoms with Crippen LogP contribution in [0.3, 0.4) is 0 Å². The number of aliphatic hydroxyl groups excluding tert-OH is 1. The first-order valence-electron chi connectivity index (χ1n) is 12.4. The van der Waals surface area contributed by atoms with E-state index in [9.17, 15) is 24.3 Å². The van der Waals surface area contributed by atoms with Crippen molar-refractivity contribution in [2.75, 3.05) is 7.11 Å². The highest BCUT2D eigenvalue weighted by Crippen LogP contribution is 2.26. The Morgan fingerprint density at radius 1 is 1.23 bits per heavy atom. The van der Waals surface area contributed by atoms with Gasteiger partial charge < -0.3 is 14.6 Å². The molecule has 0 aromatic rings. The molecule has 0 radical (unpaired) electrons. The number of ketones is 1. The number of rotatable bonds is 8. The van der Waals surface area contributed by atoms with Crippen molar-refractivity contribution in [1.82, 2.24) is 5.32 Å². The first kappa shape index (κ1) is 28.7. The van der Waals surface area contributed by atoms with Gasteiger partial charge in [0.25, 0.3) is 0 Å². The third-order valence-corrected chi connectivity index (χ3v) is 6.68. The van der Waals surface area contributed by atoms with Crippen LogP contribution in [0.15, 0.2) is 36.0 Å². The van der Waals surface area contributed by atoms with Gasteiger partial charge in [0, 0.05) is 44.3 Å². The summed E-state index contributed by atoms with van der Waals surface area (Å²) in [5.41, 5.74) is 0.685. The van der Waals surface area contributed by atoms with Gasteiger partial charge in [0.05, 0.1) is 6.10 Å². The fourth-order valence-electron chi connectivity index (χ4n) is 4.62. The molecule has 0 bridgehead atoms. The summed E-state index contributed by atoms with van der Waals surface area (Å²) in [7, 11) is 1.52. The number of Topliss-reactive ketones (excluding diaryl/α,β-unsaturated/α-hetero) is 1. The summed E-state index contributed by atoms with van der Waals surface area (Å²) in [6.07, 6.45) is 10.1. The highest BCUT2D eigenvalue weighted by Gasteiger charge is 2.33. The molecule has 0 unspecified atom stereocenters. The number of piperidine rings is 1. The minimum absolute atomic E-state index is 0.0227. The van der Waals surface area contributed by atoms with Gasteiger partial charge in [0.15, 0.2) is 0 Å². The zero-order valence-corrected chi connectivity index (χ0v) is 21.2. The van der Waals surface area contributed by atoms with Crippen LogP contribution in [-0.4, -0.2) is 54.1 Å². The predicted molar refractivity (Wildman–Crippen MR) is 131 cm³/mol. The minimum atomic E-state index is -0.915. The Labute approximate surface area is 207 Å². The number of nitrogens with one attached hydrogen (secondary N) is 1. The molecule has 0 aromatic carbocycles. The third-order valence-electron chi connectivity index (χ3n) is 6.68. The molecule has 2 heterocycles. The van der Waals surface area contributed by atoms with Crippen molar-refractivity contribution in [3.63, 3.8) is 0 Å². The summed E-state index contributed by atoms with van der Waals surface area (Å²) >= 11 is 0. The SMILES string of the molecule is CO[C@H]1C=CCCC=CC(=O)O[C@@H](C(C)=C[C@H](C)C(=O)CCCC2CC(=O)NC(=O)C2)[C@@H](C)[C@@H]1O. The molecule has 2 aliphatic rings. The standard InChI is InChI=1S/C27H39NO7/c1-17(21(29)11-9-10-20-15-23(30)28-24(31)16-20)14-18(2)27-19(3)26(33)22(34-4)12-7-5-6-8-13-25(32)35-27/h7-8,12-14,17,19-20,22,26-27,33H,5-6,9-11,15-16H2,1-4H3,(H,28,30,31)/t17-,19-,22-,26-,27-/m0/s1. The Morgan fingerprint density at radius 2 is 1.89 bits per heavy atom. The van der Waals surface area contributed by atoms with Crippen molar-refractivity contribution in [2.24, 2.45) is 17.8 Å². The molecule has 0 spiro atoms. The number of aliphatic hydroxyl groups is 1. The quantitative estimate of drug-likeness (QED) is 0.305. The number of ether oxygens (including phenoxy) is 2. The molecule has 2 amide bonds. The summed E-state index contributed by atoms with van der Waals surface area (Å²) in [6.45, 7) is 5.39. The second-order valence-corrected chi connectivity index (χ2v) is 9.62. The van der Waals surface area contributed by atoms with E-state index in [4.69, 9.17) is 9.47 Å². The maximum atomic E-state index is 12.8. The number of esters is 1. The van der Waals surface area contributed by atoms with Gasteiger partial charge in [0.1, 0.15) is 18.0 Å². The first-order valence-corrected chi connectivity index (χ1v) is 12.4. The fraction of sp³-hybridized carbons (Fsp3) is 0.630. The molecule has 1 fully saturated rings. The van der Waals surface area contributed by atoms with E-state index in [1.54, 1.807) is 32.9 Å². The van der Waals surface area contributed by atoms with Gasteiger partial charge >= 0.3 is 5.97 Å². The zero-order chi connectivity index (χ0) is 26.0. The highest BCUT2D eigenvalue weighted by molar-refractivity contribution is 5.97. The lowest BCUT2D eigenvalue weighted by molar-refractivity contribution is -0.147. The molecule has 194 valence electrons. The Balaban J connectivity index is 2.05. The molecule has 0 aromatic heterocycles. The molecule has 2 N–H and O–H groups in total. The van der Waals surface area contributed by atoms with Crippen molar-refractivity contribution in [1.29, 1.82) is 0 Å². The van der Waals surface area contributed by atoms with E-state index >= 15 is 0 Å². The van der Waals surface area contributed by atoms with E-state index in [2.05, 4.69) is 5.32 Å². The lowest BCUT2D eigenvalue weighted by atomic mass is 9.87. The number of carbonyl (C=O) groups is 4. The van der Waals surface area contributed by atoms with E-state index in [0.29, 0.717) is 44.1 Å². The average molecular weight is 490 g/mol. The molecule has 5 atom stereocenters. The normalized spacial score (nSPS) is 28.0. The molecule has 2 aliphatic heterocycles. The lowest BCUT2D eigenvalue weighted by Gasteiger charge is -2.31. The van der Waals surface area contributed by atoms with Gasteiger partial charge in [-0.1, -0.05) is 38.2 Å². The van der Waals surface area contributed by atoms with E-state index in [1.165, 1.54) is 13.2 Å². The topological polar surface area (TPSA) is 119 Å². The maximum Gasteiger partial charge on any atom is 0.331 e. The molecule has 8 heteroatoms. The number of hydrogen-bond donors (Lipinski definition) is 2. The Bertz CT molecular complexity index is 844. The molecule has 35 heavy (non-hydrogen) atoms. The van der Waals surface area contributed by atoms with E-state index in [-0.39, 0.29) is 23.5 Å². The van der Waals surface area contributed by atoms with Crippen molar-refractivity contribution in [2.45, 2.75) is 84.0 Å². The number of imide groups is 1. The van der Waals surface area contributed by atoms with Crippen LogP contribution in [0.4, 0.5) is 0 Å². The molecule has 0 aliphatic carbocycles. The van der Waals surface area contributed by atoms with Crippen LogP contribution in [-0.2, 0) is 28.7 Å². The predicted octanol–water partition coefficient (Wildman–Crippen LogP) is 3.19. The van der Waals surface area contributed by atoms with Gasteiger partial charge in [0.2, 0.25) is 11.8 Å². The third kappa shape index (κ3) is 9.18. The van der Waals surface area contributed by atoms with E-state index in [1.807, 2.05) is 12.2 Å².